The van der Waals surface area contributed by atoms with Gasteiger partial charge in [-0.05, 0) is 31.6 Å². The summed E-state index contributed by atoms with van der Waals surface area (Å²) in [6, 6.07) is 0.577. The molecule has 0 unspecified atom stereocenters. The summed E-state index contributed by atoms with van der Waals surface area (Å²) in [6.45, 7) is 3.81. The van der Waals surface area contributed by atoms with Crippen molar-refractivity contribution in [2.24, 2.45) is 5.92 Å². The minimum absolute atomic E-state index is 0.577. The van der Waals surface area contributed by atoms with Crippen molar-refractivity contribution < 1.29 is 0 Å². The Morgan fingerprint density at radius 3 is 2.32 bits per heavy atom. The summed E-state index contributed by atoms with van der Waals surface area (Å²) in [5.74, 6) is 0.963. The van der Waals surface area contributed by atoms with E-state index < -0.39 is 0 Å². The van der Waals surface area contributed by atoms with Gasteiger partial charge in [-0.3, -0.25) is 0 Å². The molecular weight excluding hydrogens is 236 g/mol. The Balaban J connectivity index is 1.44. The highest BCUT2D eigenvalue weighted by Crippen LogP contribution is 2.26. The normalized spacial score (nSPS) is 24.4. The molecule has 0 amide bonds. The number of aromatic nitrogens is 3. The highest BCUT2D eigenvalue weighted by atomic mass is 15.4. The van der Waals surface area contributed by atoms with Crippen LogP contribution in [-0.2, 0) is 0 Å². The molecule has 1 aromatic rings. The fourth-order valence-electron chi connectivity index (χ4n) is 3.69. The molecule has 1 aliphatic heterocycles. The molecule has 1 aromatic heterocycles. The van der Waals surface area contributed by atoms with Gasteiger partial charge in [0.15, 0.2) is 0 Å². The zero-order valence-corrected chi connectivity index (χ0v) is 11.9. The third-order valence-corrected chi connectivity index (χ3v) is 4.86. The van der Waals surface area contributed by atoms with Gasteiger partial charge in [-0.1, -0.05) is 30.9 Å². The first-order valence-corrected chi connectivity index (χ1v) is 8.00. The van der Waals surface area contributed by atoms with Crippen molar-refractivity contribution >= 4 is 0 Å². The second kappa shape index (κ2) is 6.51. The lowest BCUT2D eigenvalue weighted by molar-refractivity contribution is 0.151. The highest BCUT2D eigenvalue weighted by molar-refractivity contribution is 4.80. The molecule has 0 bridgehead atoms. The molecule has 0 N–H and O–H groups in total. The average molecular weight is 262 g/mol. The van der Waals surface area contributed by atoms with Gasteiger partial charge in [-0.25, -0.2) is 4.68 Å². The summed E-state index contributed by atoms with van der Waals surface area (Å²) in [5, 5.41) is 8.06. The van der Waals surface area contributed by atoms with Crippen molar-refractivity contribution in [3.05, 3.63) is 12.4 Å². The van der Waals surface area contributed by atoms with Crippen LogP contribution in [0.3, 0.4) is 0 Å². The van der Waals surface area contributed by atoms with Gasteiger partial charge in [-0.2, -0.15) is 0 Å². The number of hydrogen-bond acceptors (Lipinski definition) is 3. The van der Waals surface area contributed by atoms with Gasteiger partial charge in [0.1, 0.15) is 0 Å². The molecule has 0 aromatic carbocycles. The fraction of sp³-hybridized carbons (Fsp3) is 0.867. The molecular formula is C15H26N4. The molecule has 1 saturated heterocycles. The maximum absolute atomic E-state index is 4.14. The summed E-state index contributed by atoms with van der Waals surface area (Å²) < 4.78 is 2.04. The zero-order valence-electron chi connectivity index (χ0n) is 11.9. The molecule has 19 heavy (non-hydrogen) atoms. The minimum Gasteiger partial charge on any atom is -0.303 e. The van der Waals surface area contributed by atoms with Crippen LogP contribution in [0, 0.1) is 5.92 Å². The Labute approximate surface area is 116 Å². The van der Waals surface area contributed by atoms with E-state index in [0.717, 1.165) is 5.92 Å². The van der Waals surface area contributed by atoms with E-state index in [2.05, 4.69) is 15.2 Å². The third-order valence-electron chi connectivity index (χ3n) is 4.86. The van der Waals surface area contributed by atoms with Crippen molar-refractivity contribution in [1.82, 2.24) is 19.9 Å². The van der Waals surface area contributed by atoms with Crippen LogP contribution < -0.4 is 0 Å². The molecule has 4 nitrogen and oxygen atoms in total. The molecule has 106 valence electrons. The molecule has 4 heteroatoms. The van der Waals surface area contributed by atoms with Gasteiger partial charge in [0, 0.05) is 25.8 Å². The monoisotopic (exact) mass is 262 g/mol. The summed E-state index contributed by atoms with van der Waals surface area (Å²) in [7, 11) is 0. The first-order chi connectivity index (χ1) is 9.42. The van der Waals surface area contributed by atoms with E-state index in [4.69, 9.17) is 0 Å². The summed E-state index contributed by atoms with van der Waals surface area (Å²) in [5.41, 5.74) is 0. The maximum Gasteiger partial charge on any atom is 0.0693 e. The highest BCUT2D eigenvalue weighted by Gasteiger charge is 2.23. The van der Waals surface area contributed by atoms with E-state index >= 15 is 0 Å². The van der Waals surface area contributed by atoms with Crippen LogP contribution in [0.2, 0.25) is 0 Å². The average Bonchev–Trinajstić information content (AvgIpc) is 2.86. The summed E-state index contributed by atoms with van der Waals surface area (Å²) >= 11 is 0. The van der Waals surface area contributed by atoms with Gasteiger partial charge in [-0.15, -0.1) is 5.10 Å². The second-order valence-corrected chi connectivity index (χ2v) is 6.27. The Bertz CT molecular complexity index is 346. The minimum atomic E-state index is 0.577. The van der Waals surface area contributed by atoms with Gasteiger partial charge in [0.25, 0.3) is 0 Å². The summed E-state index contributed by atoms with van der Waals surface area (Å²) in [4.78, 5) is 2.68. The standard InChI is InChI=1S/C15H26N4/c1-2-4-6-14(5-3-1)13-18-10-7-15(8-11-18)19-12-9-16-17-19/h9,12,14-15H,1-8,10-11,13H2. The first kappa shape index (κ1) is 13.1. The number of piperidine rings is 1. The third kappa shape index (κ3) is 3.56. The van der Waals surface area contributed by atoms with Crippen molar-refractivity contribution in [3.8, 4) is 0 Å². The van der Waals surface area contributed by atoms with Crippen molar-refractivity contribution in [2.75, 3.05) is 19.6 Å². The molecule has 1 saturated carbocycles. The van der Waals surface area contributed by atoms with E-state index in [9.17, 15) is 0 Å². The maximum atomic E-state index is 4.14. The van der Waals surface area contributed by atoms with E-state index in [1.54, 1.807) is 6.20 Å². The van der Waals surface area contributed by atoms with Crippen LogP contribution in [0.25, 0.3) is 0 Å². The topological polar surface area (TPSA) is 34.0 Å². The fourth-order valence-corrected chi connectivity index (χ4v) is 3.69. The molecule has 0 radical (unpaired) electrons. The van der Waals surface area contributed by atoms with E-state index in [1.807, 2.05) is 10.9 Å². The molecule has 2 heterocycles. The Morgan fingerprint density at radius 1 is 0.947 bits per heavy atom. The Kier molecular flexibility index (Phi) is 4.49. The molecule has 3 rings (SSSR count). The Morgan fingerprint density at radius 2 is 1.68 bits per heavy atom. The van der Waals surface area contributed by atoms with Crippen LogP contribution in [-0.4, -0.2) is 39.5 Å². The molecule has 2 fully saturated rings. The number of hydrogen-bond donors (Lipinski definition) is 0. The van der Waals surface area contributed by atoms with Crippen LogP contribution in [0.4, 0.5) is 0 Å². The number of likely N-dealkylation sites (tertiary alicyclic amines) is 1. The van der Waals surface area contributed by atoms with E-state index in [0.29, 0.717) is 6.04 Å². The molecule has 1 aliphatic carbocycles. The van der Waals surface area contributed by atoms with Gasteiger partial charge < -0.3 is 4.90 Å². The smallest absolute Gasteiger partial charge is 0.0693 e. The van der Waals surface area contributed by atoms with Gasteiger partial charge >= 0.3 is 0 Å². The van der Waals surface area contributed by atoms with Crippen LogP contribution in [0.1, 0.15) is 57.4 Å². The Hall–Kier alpha value is -0.900. The van der Waals surface area contributed by atoms with Crippen molar-refractivity contribution in [2.45, 2.75) is 57.4 Å². The second-order valence-electron chi connectivity index (χ2n) is 6.27. The predicted octanol–water partition coefficient (Wildman–Crippen LogP) is 2.89. The van der Waals surface area contributed by atoms with Crippen LogP contribution in [0.5, 0.6) is 0 Å². The number of nitrogens with zero attached hydrogens (tertiary/aromatic N) is 4. The molecule has 0 atom stereocenters. The first-order valence-electron chi connectivity index (χ1n) is 8.00. The lowest BCUT2D eigenvalue weighted by Gasteiger charge is -2.34. The predicted molar refractivity (Wildman–Crippen MR) is 75.9 cm³/mol. The number of rotatable bonds is 3. The van der Waals surface area contributed by atoms with Crippen LogP contribution in [0.15, 0.2) is 12.4 Å². The van der Waals surface area contributed by atoms with E-state index in [-0.39, 0.29) is 0 Å². The molecule has 0 spiro atoms. The van der Waals surface area contributed by atoms with Gasteiger partial charge in [0.2, 0.25) is 0 Å². The quantitative estimate of drug-likeness (QED) is 0.785. The lowest BCUT2D eigenvalue weighted by Crippen LogP contribution is -2.37. The SMILES string of the molecule is c1cn(C2CCN(CC3CCCCCC3)CC2)nn1. The zero-order chi connectivity index (χ0) is 12.9. The molecule has 2 aliphatic rings. The lowest BCUT2D eigenvalue weighted by atomic mass is 9.97. The largest absolute Gasteiger partial charge is 0.303 e. The van der Waals surface area contributed by atoms with Crippen molar-refractivity contribution in [3.63, 3.8) is 0 Å². The van der Waals surface area contributed by atoms with E-state index in [1.165, 1.54) is 71.0 Å². The summed E-state index contributed by atoms with van der Waals surface area (Å²) in [6.07, 6.45) is 15.0. The van der Waals surface area contributed by atoms with Crippen molar-refractivity contribution in [1.29, 1.82) is 0 Å². The van der Waals surface area contributed by atoms with Gasteiger partial charge in [0.05, 0.1) is 12.2 Å². The van der Waals surface area contributed by atoms with Crippen LogP contribution >= 0.6 is 0 Å².